The summed E-state index contributed by atoms with van der Waals surface area (Å²) in [5.41, 5.74) is 4.93. The van der Waals surface area contributed by atoms with Gasteiger partial charge in [-0.3, -0.25) is 0 Å². The van der Waals surface area contributed by atoms with E-state index in [-0.39, 0.29) is 0 Å². The number of nitrogens with one attached hydrogen (secondary N) is 1. The van der Waals surface area contributed by atoms with E-state index in [1.165, 1.54) is 26.9 Å². The molecule has 1 aromatic carbocycles. The van der Waals surface area contributed by atoms with Gasteiger partial charge >= 0.3 is 0 Å². The van der Waals surface area contributed by atoms with Crippen molar-refractivity contribution in [3.05, 3.63) is 39.9 Å². The molecular weight excluding hydrogens is 250 g/mol. The summed E-state index contributed by atoms with van der Waals surface area (Å²) in [7, 11) is 0. The average molecular weight is 268 g/mol. The molecule has 0 aromatic heterocycles. The monoisotopic (exact) mass is 267 g/mol. The minimum atomic E-state index is 0.858. The molecule has 0 atom stereocenters. The van der Waals surface area contributed by atoms with Gasteiger partial charge in [-0.2, -0.15) is 0 Å². The fourth-order valence-electron chi connectivity index (χ4n) is 1.40. The normalized spacial score (nSPS) is 10.1. The third kappa shape index (κ3) is 3.38. The van der Waals surface area contributed by atoms with Crippen molar-refractivity contribution in [2.24, 2.45) is 0 Å². The van der Waals surface area contributed by atoms with Gasteiger partial charge in [-0.15, -0.1) is 0 Å². The molecule has 2 heteroatoms. The van der Waals surface area contributed by atoms with Crippen LogP contribution in [0.4, 0.5) is 5.69 Å². The molecule has 82 valence electrons. The van der Waals surface area contributed by atoms with Gasteiger partial charge in [-0.1, -0.05) is 35.0 Å². The molecule has 0 aliphatic carbocycles. The van der Waals surface area contributed by atoms with Crippen LogP contribution in [0, 0.1) is 13.8 Å². The predicted molar refractivity (Wildman–Crippen MR) is 71.5 cm³/mol. The van der Waals surface area contributed by atoms with Crippen LogP contribution in [0.2, 0.25) is 0 Å². The van der Waals surface area contributed by atoms with Gasteiger partial charge in [0.05, 0.1) is 0 Å². The van der Waals surface area contributed by atoms with E-state index >= 15 is 0 Å². The first-order valence-electron chi connectivity index (χ1n) is 5.22. The number of benzene rings is 1. The quantitative estimate of drug-likeness (QED) is 0.796. The van der Waals surface area contributed by atoms with Gasteiger partial charge in [-0.05, 0) is 43.5 Å². The maximum absolute atomic E-state index is 3.98. The average Bonchev–Trinajstić information content (AvgIpc) is 2.22. The topological polar surface area (TPSA) is 12.0 Å². The van der Waals surface area contributed by atoms with E-state index in [0.717, 1.165) is 13.0 Å². The molecule has 0 unspecified atom stereocenters. The lowest BCUT2D eigenvalue weighted by Gasteiger charge is -2.11. The maximum atomic E-state index is 3.98. The first-order valence-corrected chi connectivity index (χ1v) is 6.01. The highest BCUT2D eigenvalue weighted by atomic mass is 79.9. The minimum Gasteiger partial charge on any atom is -0.381 e. The second kappa shape index (κ2) is 5.36. The van der Waals surface area contributed by atoms with E-state index < -0.39 is 0 Å². The number of hydrogen-bond donors (Lipinski definition) is 1. The van der Waals surface area contributed by atoms with E-state index in [0.29, 0.717) is 0 Å². The predicted octanol–water partition coefficient (Wildman–Crippen LogP) is 4.44. The Kier molecular flexibility index (Phi) is 4.40. The van der Waals surface area contributed by atoms with Crippen molar-refractivity contribution in [1.29, 1.82) is 0 Å². The van der Waals surface area contributed by atoms with E-state index in [4.69, 9.17) is 0 Å². The Morgan fingerprint density at radius 3 is 2.33 bits per heavy atom. The van der Waals surface area contributed by atoms with E-state index in [2.05, 4.69) is 60.7 Å². The molecule has 1 nitrogen and oxygen atoms in total. The molecular formula is C13H18BrN. The standard InChI is InChI=1S/C13H18BrN/c1-5-9(2)8-15-12-6-10(3)13(14)11(4)7-12/h6-7,15H,2,5,8H2,1,3-4H3. The summed E-state index contributed by atoms with van der Waals surface area (Å²) in [4.78, 5) is 0. The Morgan fingerprint density at radius 2 is 1.87 bits per heavy atom. The van der Waals surface area contributed by atoms with Gasteiger partial charge in [0.2, 0.25) is 0 Å². The third-order valence-corrected chi connectivity index (χ3v) is 3.73. The molecule has 0 amide bonds. The summed E-state index contributed by atoms with van der Waals surface area (Å²) in [5, 5.41) is 3.38. The zero-order valence-electron chi connectivity index (χ0n) is 9.65. The van der Waals surface area contributed by atoms with Crippen LogP contribution in [0.3, 0.4) is 0 Å². The lowest BCUT2D eigenvalue weighted by molar-refractivity contribution is 1.05. The fraction of sp³-hybridized carbons (Fsp3) is 0.385. The van der Waals surface area contributed by atoms with Crippen LogP contribution in [0.15, 0.2) is 28.8 Å². The summed E-state index contributed by atoms with van der Waals surface area (Å²) in [5.74, 6) is 0. The number of hydrogen-bond acceptors (Lipinski definition) is 1. The Bertz CT molecular complexity index is 346. The second-order valence-corrected chi connectivity index (χ2v) is 4.67. The highest BCUT2D eigenvalue weighted by molar-refractivity contribution is 9.10. The van der Waals surface area contributed by atoms with Gasteiger partial charge in [-0.25, -0.2) is 0 Å². The fourth-order valence-corrected chi connectivity index (χ4v) is 1.63. The zero-order chi connectivity index (χ0) is 11.4. The molecule has 0 radical (unpaired) electrons. The van der Waals surface area contributed by atoms with Crippen LogP contribution in [0.1, 0.15) is 24.5 Å². The summed E-state index contributed by atoms with van der Waals surface area (Å²) in [6.45, 7) is 11.2. The SMILES string of the molecule is C=C(CC)CNc1cc(C)c(Br)c(C)c1. The number of rotatable bonds is 4. The number of halogens is 1. The summed E-state index contributed by atoms with van der Waals surface area (Å²) in [6, 6.07) is 4.31. The zero-order valence-corrected chi connectivity index (χ0v) is 11.2. The largest absolute Gasteiger partial charge is 0.381 e. The lowest BCUT2D eigenvalue weighted by atomic mass is 10.1. The number of aryl methyl sites for hydroxylation is 2. The summed E-state index contributed by atoms with van der Waals surface area (Å²) in [6.07, 6.45) is 1.03. The Labute approximate surface area is 101 Å². The summed E-state index contributed by atoms with van der Waals surface area (Å²) >= 11 is 3.56. The van der Waals surface area contributed by atoms with Crippen LogP contribution < -0.4 is 5.32 Å². The molecule has 0 aliphatic rings. The molecule has 1 rings (SSSR count). The van der Waals surface area contributed by atoms with Gasteiger partial charge in [0.1, 0.15) is 0 Å². The van der Waals surface area contributed by atoms with Gasteiger partial charge in [0.15, 0.2) is 0 Å². The molecule has 1 N–H and O–H groups in total. The Morgan fingerprint density at radius 1 is 1.33 bits per heavy atom. The Hall–Kier alpha value is -0.760. The van der Waals surface area contributed by atoms with Crippen molar-refractivity contribution in [3.8, 4) is 0 Å². The minimum absolute atomic E-state index is 0.858. The van der Waals surface area contributed by atoms with Crippen LogP contribution in [0.5, 0.6) is 0 Å². The number of anilines is 1. The van der Waals surface area contributed by atoms with Crippen molar-refractivity contribution in [2.45, 2.75) is 27.2 Å². The molecule has 0 fully saturated rings. The smallest absolute Gasteiger partial charge is 0.0357 e. The highest BCUT2D eigenvalue weighted by Crippen LogP contribution is 2.25. The first kappa shape index (κ1) is 12.3. The van der Waals surface area contributed by atoms with Gasteiger partial charge < -0.3 is 5.32 Å². The first-order chi connectivity index (χ1) is 7.04. The molecule has 0 heterocycles. The van der Waals surface area contributed by atoms with Crippen molar-refractivity contribution >= 4 is 21.6 Å². The molecule has 0 saturated heterocycles. The molecule has 0 spiro atoms. The van der Waals surface area contributed by atoms with Crippen LogP contribution in [0.25, 0.3) is 0 Å². The molecule has 1 aromatic rings. The van der Waals surface area contributed by atoms with Crippen LogP contribution in [-0.4, -0.2) is 6.54 Å². The van der Waals surface area contributed by atoms with Gasteiger partial charge in [0.25, 0.3) is 0 Å². The molecule has 0 saturated carbocycles. The third-order valence-electron chi connectivity index (χ3n) is 2.48. The van der Waals surface area contributed by atoms with Crippen LogP contribution in [-0.2, 0) is 0 Å². The highest BCUT2D eigenvalue weighted by Gasteiger charge is 2.01. The molecule has 0 bridgehead atoms. The van der Waals surface area contributed by atoms with E-state index in [1.807, 2.05) is 0 Å². The van der Waals surface area contributed by atoms with Gasteiger partial charge in [0, 0.05) is 16.7 Å². The van der Waals surface area contributed by atoms with Crippen molar-refractivity contribution in [2.75, 3.05) is 11.9 Å². The Balaban J connectivity index is 2.75. The van der Waals surface area contributed by atoms with Crippen molar-refractivity contribution in [3.63, 3.8) is 0 Å². The molecule has 15 heavy (non-hydrogen) atoms. The second-order valence-electron chi connectivity index (χ2n) is 3.88. The summed E-state index contributed by atoms with van der Waals surface area (Å²) < 4.78 is 1.20. The molecule has 0 aliphatic heterocycles. The van der Waals surface area contributed by atoms with Crippen LogP contribution >= 0.6 is 15.9 Å². The van der Waals surface area contributed by atoms with E-state index in [9.17, 15) is 0 Å². The van der Waals surface area contributed by atoms with Crippen molar-refractivity contribution < 1.29 is 0 Å². The van der Waals surface area contributed by atoms with E-state index in [1.54, 1.807) is 0 Å². The van der Waals surface area contributed by atoms with Crippen molar-refractivity contribution in [1.82, 2.24) is 0 Å². The lowest BCUT2D eigenvalue weighted by Crippen LogP contribution is -2.04. The maximum Gasteiger partial charge on any atom is 0.0357 e.